The first-order valence-corrected chi connectivity index (χ1v) is 6.83. The fourth-order valence-electron chi connectivity index (χ4n) is 2.02. The Labute approximate surface area is 126 Å². The molecule has 2 aromatic rings. The summed E-state index contributed by atoms with van der Waals surface area (Å²) in [7, 11) is 0. The van der Waals surface area contributed by atoms with Crippen LogP contribution in [0, 0.1) is 0 Å². The highest BCUT2D eigenvalue weighted by atomic mass is 19.4. The third kappa shape index (κ3) is 3.98. The van der Waals surface area contributed by atoms with Crippen LogP contribution in [0.1, 0.15) is 36.3 Å². The van der Waals surface area contributed by atoms with Crippen LogP contribution in [0.3, 0.4) is 0 Å². The molecule has 22 heavy (non-hydrogen) atoms. The molecule has 1 N–H and O–H groups in total. The molecule has 0 atom stereocenters. The molecule has 0 aliphatic carbocycles. The number of alkyl halides is 3. The number of aliphatic hydroxyl groups is 1. The highest BCUT2D eigenvalue weighted by Crippen LogP contribution is 2.34. The average Bonchev–Trinajstić information content (AvgIpc) is 2.90. The Kier molecular flexibility index (Phi) is 5.03. The SMILES string of the molecule is C/C(=C/c1ccccc1)c1nc(CCCO)c(C(F)(F)F)o1. The Morgan fingerprint density at radius 3 is 2.55 bits per heavy atom. The third-order valence-corrected chi connectivity index (χ3v) is 3.05. The van der Waals surface area contributed by atoms with Crippen LogP contribution in [-0.2, 0) is 12.6 Å². The second-order valence-electron chi connectivity index (χ2n) is 4.86. The Morgan fingerprint density at radius 1 is 1.27 bits per heavy atom. The van der Waals surface area contributed by atoms with Crippen LogP contribution in [-0.4, -0.2) is 16.7 Å². The Hall–Kier alpha value is -2.08. The number of halogens is 3. The molecule has 0 radical (unpaired) electrons. The van der Waals surface area contributed by atoms with E-state index in [1.54, 1.807) is 13.0 Å². The normalized spacial score (nSPS) is 12.7. The number of aryl methyl sites for hydroxylation is 1. The Bertz CT molecular complexity index is 645. The van der Waals surface area contributed by atoms with Crippen LogP contribution in [0.25, 0.3) is 11.6 Å². The first-order chi connectivity index (χ1) is 10.4. The molecule has 1 aromatic carbocycles. The number of rotatable bonds is 5. The molecule has 0 saturated carbocycles. The fraction of sp³-hybridized carbons (Fsp3) is 0.312. The van der Waals surface area contributed by atoms with Crippen molar-refractivity contribution in [2.45, 2.75) is 25.9 Å². The Balaban J connectivity index is 2.35. The van der Waals surface area contributed by atoms with E-state index >= 15 is 0 Å². The van der Waals surface area contributed by atoms with E-state index in [0.717, 1.165) is 5.56 Å². The van der Waals surface area contributed by atoms with Crippen molar-refractivity contribution in [2.75, 3.05) is 6.61 Å². The zero-order valence-corrected chi connectivity index (χ0v) is 12.0. The number of hydrogen-bond donors (Lipinski definition) is 1. The van der Waals surface area contributed by atoms with Crippen LogP contribution >= 0.6 is 0 Å². The maximum atomic E-state index is 13.0. The summed E-state index contributed by atoms with van der Waals surface area (Å²) in [6.07, 6.45) is -2.66. The molecular formula is C16H16F3NO2. The lowest BCUT2D eigenvalue weighted by atomic mass is 10.1. The summed E-state index contributed by atoms with van der Waals surface area (Å²) in [5.41, 5.74) is 1.19. The first kappa shape index (κ1) is 16.3. The van der Waals surface area contributed by atoms with E-state index < -0.39 is 11.9 Å². The minimum absolute atomic E-state index is 0.0213. The summed E-state index contributed by atoms with van der Waals surface area (Å²) in [5.74, 6) is -1.14. The van der Waals surface area contributed by atoms with Gasteiger partial charge in [-0.15, -0.1) is 0 Å². The maximum absolute atomic E-state index is 13.0. The molecule has 0 aliphatic heterocycles. The van der Waals surface area contributed by atoms with Gasteiger partial charge < -0.3 is 9.52 Å². The molecule has 1 aromatic heterocycles. The van der Waals surface area contributed by atoms with E-state index in [-0.39, 0.29) is 31.0 Å². The van der Waals surface area contributed by atoms with Crippen molar-refractivity contribution < 1.29 is 22.7 Å². The van der Waals surface area contributed by atoms with E-state index in [1.165, 1.54) is 0 Å². The number of aromatic nitrogens is 1. The molecule has 0 spiro atoms. The van der Waals surface area contributed by atoms with Crippen molar-refractivity contribution in [1.82, 2.24) is 4.98 Å². The van der Waals surface area contributed by atoms with Gasteiger partial charge in [0.1, 0.15) is 0 Å². The lowest BCUT2D eigenvalue weighted by molar-refractivity contribution is -0.153. The predicted molar refractivity (Wildman–Crippen MR) is 76.9 cm³/mol. The van der Waals surface area contributed by atoms with Crippen LogP contribution in [0.15, 0.2) is 34.7 Å². The molecule has 0 fully saturated rings. The van der Waals surface area contributed by atoms with Gasteiger partial charge in [-0.2, -0.15) is 13.2 Å². The largest absolute Gasteiger partial charge is 0.451 e. The number of benzene rings is 1. The third-order valence-electron chi connectivity index (χ3n) is 3.05. The van der Waals surface area contributed by atoms with Gasteiger partial charge in [-0.3, -0.25) is 0 Å². The average molecular weight is 311 g/mol. The van der Waals surface area contributed by atoms with Crippen molar-refractivity contribution >= 4 is 11.6 Å². The van der Waals surface area contributed by atoms with Gasteiger partial charge >= 0.3 is 6.18 Å². The molecule has 3 nitrogen and oxygen atoms in total. The van der Waals surface area contributed by atoms with Crippen molar-refractivity contribution in [3.05, 3.63) is 53.2 Å². The van der Waals surface area contributed by atoms with Gasteiger partial charge in [0.25, 0.3) is 0 Å². The van der Waals surface area contributed by atoms with Gasteiger partial charge in [-0.05, 0) is 31.4 Å². The smallest absolute Gasteiger partial charge is 0.432 e. The zero-order chi connectivity index (χ0) is 16.2. The molecule has 2 rings (SSSR count). The fourth-order valence-corrected chi connectivity index (χ4v) is 2.02. The molecule has 0 aliphatic rings. The minimum atomic E-state index is -4.59. The lowest BCUT2D eigenvalue weighted by Gasteiger charge is -2.03. The maximum Gasteiger partial charge on any atom is 0.451 e. The number of hydrogen-bond acceptors (Lipinski definition) is 3. The summed E-state index contributed by atoms with van der Waals surface area (Å²) in [4.78, 5) is 3.94. The molecule has 0 unspecified atom stereocenters. The van der Waals surface area contributed by atoms with Crippen LogP contribution in [0.5, 0.6) is 0 Å². The number of allylic oxidation sites excluding steroid dienone is 1. The summed E-state index contributed by atoms with van der Waals surface area (Å²) >= 11 is 0. The van der Waals surface area contributed by atoms with Crippen molar-refractivity contribution in [3.8, 4) is 0 Å². The van der Waals surface area contributed by atoms with Gasteiger partial charge in [0, 0.05) is 12.2 Å². The lowest BCUT2D eigenvalue weighted by Crippen LogP contribution is -2.07. The van der Waals surface area contributed by atoms with E-state index in [4.69, 9.17) is 9.52 Å². The van der Waals surface area contributed by atoms with Crippen LogP contribution < -0.4 is 0 Å². The van der Waals surface area contributed by atoms with Gasteiger partial charge in [0.2, 0.25) is 11.7 Å². The van der Waals surface area contributed by atoms with E-state index in [1.807, 2.05) is 30.3 Å². The summed E-state index contributed by atoms with van der Waals surface area (Å²) < 4.78 is 43.8. The quantitative estimate of drug-likeness (QED) is 0.901. The molecule has 1 heterocycles. The number of nitrogens with zero attached hydrogens (tertiary/aromatic N) is 1. The van der Waals surface area contributed by atoms with Crippen molar-refractivity contribution in [3.63, 3.8) is 0 Å². The molecule has 0 saturated heterocycles. The van der Waals surface area contributed by atoms with E-state index in [2.05, 4.69) is 4.98 Å². The minimum Gasteiger partial charge on any atom is -0.432 e. The standard InChI is InChI=1S/C16H16F3NO2/c1-11(10-12-6-3-2-4-7-12)15-20-13(8-5-9-21)14(22-15)16(17,18)19/h2-4,6-7,10,21H,5,8-9H2,1H3/b11-10-. The van der Waals surface area contributed by atoms with Gasteiger partial charge in [0.05, 0.1) is 5.69 Å². The summed E-state index contributed by atoms with van der Waals surface area (Å²) in [6.45, 7) is 1.45. The molecular weight excluding hydrogens is 295 g/mol. The Morgan fingerprint density at radius 2 is 1.95 bits per heavy atom. The first-order valence-electron chi connectivity index (χ1n) is 6.83. The zero-order valence-electron chi connectivity index (χ0n) is 12.0. The highest BCUT2D eigenvalue weighted by molar-refractivity contribution is 5.76. The van der Waals surface area contributed by atoms with Crippen LogP contribution in [0.4, 0.5) is 13.2 Å². The number of aliphatic hydroxyl groups excluding tert-OH is 1. The highest BCUT2D eigenvalue weighted by Gasteiger charge is 2.39. The molecule has 6 heteroatoms. The van der Waals surface area contributed by atoms with Gasteiger partial charge in [-0.1, -0.05) is 30.3 Å². The number of oxazole rings is 1. The monoisotopic (exact) mass is 311 g/mol. The topological polar surface area (TPSA) is 46.3 Å². The van der Waals surface area contributed by atoms with Crippen molar-refractivity contribution in [1.29, 1.82) is 0 Å². The van der Waals surface area contributed by atoms with E-state index in [0.29, 0.717) is 5.57 Å². The molecule has 0 bridgehead atoms. The summed E-state index contributed by atoms with van der Waals surface area (Å²) in [6, 6.07) is 9.20. The van der Waals surface area contributed by atoms with Gasteiger partial charge in [0.15, 0.2) is 0 Å². The predicted octanol–water partition coefficient (Wildman–Crippen LogP) is 4.18. The second-order valence-corrected chi connectivity index (χ2v) is 4.86. The molecule has 118 valence electrons. The summed E-state index contributed by atoms with van der Waals surface area (Å²) in [5, 5.41) is 8.78. The van der Waals surface area contributed by atoms with Crippen LogP contribution in [0.2, 0.25) is 0 Å². The van der Waals surface area contributed by atoms with Gasteiger partial charge in [-0.25, -0.2) is 4.98 Å². The molecule has 0 amide bonds. The van der Waals surface area contributed by atoms with E-state index in [9.17, 15) is 13.2 Å². The van der Waals surface area contributed by atoms with Crippen molar-refractivity contribution in [2.24, 2.45) is 0 Å². The second kappa shape index (κ2) is 6.79.